The molecule has 0 aromatic heterocycles. The molecule has 0 radical (unpaired) electrons. The number of nitrogens with one attached hydrogen (secondary N) is 2. The average molecular weight is 441 g/mol. The fourth-order valence-corrected chi connectivity index (χ4v) is 3.53. The Labute approximate surface area is 176 Å². The molecule has 29 heavy (non-hydrogen) atoms. The summed E-state index contributed by atoms with van der Waals surface area (Å²) in [7, 11) is -2.06. The Hall–Kier alpha value is -2.13. The van der Waals surface area contributed by atoms with Gasteiger partial charge >= 0.3 is 0 Å². The molecule has 0 fully saturated rings. The Morgan fingerprint density at radius 2 is 1.72 bits per heavy atom. The molecular weight excluding hydrogens is 416 g/mol. The molecule has 0 heterocycles. The lowest BCUT2D eigenvalue weighted by Crippen LogP contribution is -2.27. The summed E-state index contributed by atoms with van der Waals surface area (Å²) < 4.78 is 37.0. The van der Waals surface area contributed by atoms with Crippen LogP contribution in [0.1, 0.15) is 18.4 Å². The van der Waals surface area contributed by atoms with E-state index in [9.17, 15) is 13.2 Å². The summed E-state index contributed by atoms with van der Waals surface area (Å²) in [6.07, 6.45) is 0.919. The zero-order chi connectivity index (χ0) is 21.1. The second kappa shape index (κ2) is 11.8. The van der Waals surface area contributed by atoms with E-state index in [-0.39, 0.29) is 17.3 Å². The maximum Gasteiger partial charge on any atom is 0.240 e. The van der Waals surface area contributed by atoms with Gasteiger partial charge in [-0.2, -0.15) is 0 Å². The highest BCUT2D eigenvalue weighted by Crippen LogP contribution is 2.15. The SMILES string of the molecule is COCCNS(=O)(=O)c1ccc(CNC(=O)CCCOc2ccc(Cl)cc2)cc1. The van der Waals surface area contributed by atoms with Crippen LogP contribution in [0.25, 0.3) is 0 Å². The van der Waals surface area contributed by atoms with Crippen LogP contribution in [0.4, 0.5) is 0 Å². The predicted octanol–water partition coefficient (Wildman–Crippen LogP) is 2.74. The number of hydrogen-bond donors (Lipinski definition) is 2. The molecular formula is C20H25ClN2O5S. The highest BCUT2D eigenvalue weighted by molar-refractivity contribution is 7.89. The number of amides is 1. The minimum atomic E-state index is -3.56. The van der Waals surface area contributed by atoms with E-state index < -0.39 is 10.0 Å². The minimum absolute atomic E-state index is 0.0948. The van der Waals surface area contributed by atoms with Gasteiger partial charge in [0.15, 0.2) is 0 Å². The second-order valence-electron chi connectivity index (χ2n) is 6.22. The van der Waals surface area contributed by atoms with Crippen molar-refractivity contribution in [2.75, 3.05) is 26.9 Å². The van der Waals surface area contributed by atoms with Gasteiger partial charge in [-0.15, -0.1) is 0 Å². The largest absolute Gasteiger partial charge is 0.494 e. The summed E-state index contributed by atoms with van der Waals surface area (Å²) in [4.78, 5) is 12.1. The van der Waals surface area contributed by atoms with E-state index in [0.29, 0.717) is 43.4 Å². The van der Waals surface area contributed by atoms with Gasteiger partial charge < -0.3 is 14.8 Å². The lowest BCUT2D eigenvalue weighted by Gasteiger charge is -2.09. The molecule has 0 aliphatic rings. The molecule has 0 saturated carbocycles. The van der Waals surface area contributed by atoms with Crippen LogP contribution in [-0.4, -0.2) is 41.2 Å². The van der Waals surface area contributed by atoms with Crippen molar-refractivity contribution in [1.82, 2.24) is 10.0 Å². The minimum Gasteiger partial charge on any atom is -0.494 e. The Morgan fingerprint density at radius 3 is 2.38 bits per heavy atom. The van der Waals surface area contributed by atoms with E-state index in [1.54, 1.807) is 36.4 Å². The lowest BCUT2D eigenvalue weighted by atomic mass is 10.2. The molecule has 2 rings (SSSR count). The van der Waals surface area contributed by atoms with Crippen molar-refractivity contribution < 1.29 is 22.7 Å². The van der Waals surface area contributed by atoms with Gasteiger partial charge in [0.05, 0.1) is 18.1 Å². The summed E-state index contributed by atoms with van der Waals surface area (Å²) in [5, 5.41) is 3.45. The first kappa shape index (κ1) is 23.2. The van der Waals surface area contributed by atoms with Crippen molar-refractivity contribution in [2.45, 2.75) is 24.3 Å². The van der Waals surface area contributed by atoms with Gasteiger partial charge in [-0.25, -0.2) is 13.1 Å². The first-order chi connectivity index (χ1) is 13.9. The molecule has 0 spiro atoms. The van der Waals surface area contributed by atoms with Crippen LogP contribution in [0, 0.1) is 0 Å². The third-order valence-corrected chi connectivity index (χ3v) is 5.68. The Bertz CT molecular complexity index is 871. The van der Waals surface area contributed by atoms with E-state index in [4.69, 9.17) is 21.1 Å². The van der Waals surface area contributed by atoms with Crippen molar-refractivity contribution in [3.8, 4) is 5.75 Å². The van der Waals surface area contributed by atoms with E-state index in [0.717, 1.165) is 5.56 Å². The zero-order valence-electron chi connectivity index (χ0n) is 16.2. The molecule has 0 unspecified atom stereocenters. The molecule has 2 aromatic carbocycles. The second-order valence-corrected chi connectivity index (χ2v) is 8.42. The normalized spacial score (nSPS) is 11.2. The Kier molecular flexibility index (Phi) is 9.40. The van der Waals surface area contributed by atoms with Crippen molar-refractivity contribution in [3.05, 3.63) is 59.1 Å². The summed E-state index contributed by atoms with van der Waals surface area (Å²) in [5.41, 5.74) is 0.812. The van der Waals surface area contributed by atoms with Crippen LogP contribution in [-0.2, 0) is 26.1 Å². The van der Waals surface area contributed by atoms with Gasteiger partial charge in [0.2, 0.25) is 15.9 Å². The van der Waals surface area contributed by atoms with E-state index >= 15 is 0 Å². The topological polar surface area (TPSA) is 93.7 Å². The number of benzene rings is 2. The number of carbonyl (C=O) groups excluding carboxylic acids is 1. The van der Waals surface area contributed by atoms with Crippen molar-refractivity contribution in [3.63, 3.8) is 0 Å². The molecule has 7 nitrogen and oxygen atoms in total. The molecule has 158 valence electrons. The number of sulfonamides is 1. The molecule has 9 heteroatoms. The fraction of sp³-hybridized carbons (Fsp3) is 0.350. The van der Waals surface area contributed by atoms with Gasteiger partial charge in [0.25, 0.3) is 0 Å². The fourth-order valence-electron chi connectivity index (χ4n) is 2.39. The van der Waals surface area contributed by atoms with Crippen molar-refractivity contribution in [1.29, 1.82) is 0 Å². The Morgan fingerprint density at radius 1 is 1.03 bits per heavy atom. The van der Waals surface area contributed by atoms with Crippen LogP contribution in [0.5, 0.6) is 5.75 Å². The van der Waals surface area contributed by atoms with Gasteiger partial charge in [-0.05, 0) is 48.4 Å². The Balaban J connectivity index is 1.69. The molecule has 2 aromatic rings. The highest BCUT2D eigenvalue weighted by Gasteiger charge is 2.13. The maximum atomic E-state index is 12.1. The van der Waals surface area contributed by atoms with Crippen LogP contribution >= 0.6 is 11.6 Å². The van der Waals surface area contributed by atoms with Crippen LogP contribution in [0.15, 0.2) is 53.4 Å². The van der Waals surface area contributed by atoms with Gasteiger partial charge in [0, 0.05) is 31.6 Å². The third-order valence-electron chi connectivity index (χ3n) is 3.95. The molecule has 0 atom stereocenters. The van der Waals surface area contributed by atoms with E-state index in [1.807, 2.05) is 0 Å². The number of rotatable bonds is 12. The molecule has 0 saturated heterocycles. The number of ether oxygens (including phenoxy) is 2. The summed E-state index contributed by atoms with van der Waals surface area (Å²) >= 11 is 5.81. The van der Waals surface area contributed by atoms with Gasteiger partial charge in [-0.3, -0.25) is 4.79 Å². The average Bonchev–Trinajstić information content (AvgIpc) is 2.71. The molecule has 0 aliphatic heterocycles. The number of carbonyl (C=O) groups is 1. The van der Waals surface area contributed by atoms with Crippen molar-refractivity contribution in [2.24, 2.45) is 0 Å². The van der Waals surface area contributed by atoms with Crippen LogP contribution in [0.2, 0.25) is 5.02 Å². The number of halogens is 1. The molecule has 2 N–H and O–H groups in total. The molecule has 0 aliphatic carbocycles. The zero-order valence-corrected chi connectivity index (χ0v) is 17.8. The smallest absolute Gasteiger partial charge is 0.240 e. The summed E-state index contributed by atoms with van der Waals surface area (Å²) in [5.74, 6) is 0.615. The first-order valence-corrected chi connectivity index (χ1v) is 11.0. The highest BCUT2D eigenvalue weighted by atomic mass is 35.5. The monoisotopic (exact) mass is 440 g/mol. The summed E-state index contributed by atoms with van der Waals surface area (Å²) in [6.45, 7) is 1.26. The number of hydrogen-bond acceptors (Lipinski definition) is 5. The predicted molar refractivity (Wildman–Crippen MR) is 112 cm³/mol. The van der Waals surface area contributed by atoms with Crippen molar-refractivity contribution >= 4 is 27.5 Å². The van der Waals surface area contributed by atoms with Gasteiger partial charge in [0.1, 0.15) is 5.75 Å². The quantitative estimate of drug-likeness (QED) is 0.495. The van der Waals surface area contributed by atoms with E-state index in [2.05, 4.69) is 10.0 Å². The standard InChI is InChI=1S/C20H25ClN2O5S/c1-27-14-12-23-29(25,26)19-10-4-16(5-11-19)15-22-20(24)3-2-13-28-18-8-6-17(21)7-9-18/h4-11,23H,2-3,12-15H2,1H3,(H,22,24). The lowest BCUT2D eigenvalue weighted by molar-refractivity contribution is -0.121. The van der Waals surface area contributed by atoms with E-state index in [1.165, 1.54) is 19.2 Å². The first-order valence-electron chi connectivity index (χ1n) is 9.13. The van der Waals surface area contributed by atoms with Gasteiger partial charge in [-0.1, -0.05) is 23.7 Å². The van der Waals surface area contributed by atoms with Crippen LogP contribution in [0.3, 0.4) is 0 Å². The molecule has 0 bridgehead atoms. The van der Waals surface area contributed by atoms with Crippen LogP contribution < -0.4 is 14.8 Å². The maximum absolute atomic E-state index is 12.1. The third kappa shape index (κ3) is 8.41. The molecule has 1 amide bonds. The number of methoxy groups -OCH3 is 1. The summed E-state index contributed by atoms with van der Waals surface area (Å²) in [6, 6.07) is 13.4.